The molecule has 2 amide bonds. The lowest BCUT2D eigenvalue weighted by Crippen LogP contribution is -2.41. The molecule has 4 aromatic rings. The molecule has 0 bridgehead atoms. The molecule has 5 aliphatic rings. The Balaban J connectivity index is 1.07. The fraction of sp³-hybridized carbons (Fsp3) is 0.205. The van der Waals surface area contributed by atoms with Crippen molar-refractivity contribution in [1.29, 1.82) is 0 Å². The van der Waals surface area contributed by atoms with Crippen LogP contribution in [0.4, 0.5) is 5.69 Å². The van der Waals surface area contributed by atoms with Crippen LogP contribution in [0.15, 0.2) is 117 Å². The Morgan fingerprint density at radius 1 is 0.938 bits per heavy atom. The number of anilines is 1. The summed E-state index contributed by atoms with van der Waals surface area (Å²) < 4.78 is 11.9. The van der Waals surface area contributed by atoms with E-state index in [1.165, 1.54) is 11.0 Å². The van der Waals surface area contributed by atoms with Crippen LogP contribution < -0.4 is 9.64 Å². The molecular weight excluding hydrogens is 608 g/mol. The van der Waals surface area contributed by atoms with Crippen LogP contribution in [0.1, 0.15) is 25.3 Å². The highest BCUT2D eigenvalue weighted by Gasteiger charge is 2.57. The number of aromatic nitrogens is 1. The van der Waals surface area contributed by atoms with Crippen molar-refractivity contribution in [2.75, 3.05) is 4.90 Å². The number of imide groups is 1. The van der Waals surface area contributed by atoms with Crippen LogP contribution in [0.2, 0.25) is 0 Å². The van der Waals surface area contributed by atoms with Crippen molar-refractivity contribution in [2.24, 2.45) is 23.7 Å². The lowest BCUT2D eigenvalue weighted by Gasteiger charge is -2.43. The largest absolute Gasteiger partial charge is 0.508 e. The Morgan fingerprint density at radius 3 is 2.56 bits per heavy atom. The summed E-state index contributed by atoms with van der Waals surface area (Å²) in [7, 11) is 0. The molecule has 1 N–H and O–H groups in total. The van der Waals surface area contributed by atoms with Gasteiger partial charge in [-0.25, -0.2) is 4.98 Å². The zero-order chi connectivity index (χ0) is 32.8. The first-order valence-electron chi connectivity index (χ1n) is 16.0. The minimum absolute atomic E-state index is 0.0967. The van der Waals surface area contributed by atoms with Gasteiger partial charge in [0, 0.05) is 40.2 Å². The molecule has 3 aromatic carbocycles. The van der Waals surface area contributed by atoms with Gasteiger partial charge in [-0.15, -0.1) is 0 Å². The molecule has 9 heteroatoms. The van der Waals surface area contributed by atoms with E-state index in [1.54, 1.807) is 55.7 Å². The fourth-order valence-corrected chi connectivity index (χ4v) is 8.17. The van der Waals surface area contributed by atoms with E-state index in [9.17, 15) is 24.3 Å². The lowest BCUT2D eigenvalue weighted by molar-refractivity contribution is -0.123. The van der Waals surface area contributed by atoms with Gasteiger partial charge in [0.1, 0.15) is 17.0 Å². The number of ketones is 2. The number of ether oxygens (including phenoxy) is 1. The van der Waals surface area contributed by atoms with Crippen LogP contribution in [0.5, 0.6) is 11.5 Å². The Hall–Kier alpha value is -5.83. The van der Waals surface area contributed by atoms with E-state index in [1.807, 2.05) is 30.3 Å². The molecule has 9 rings (SSSR count). The molecule has 0 spiro atoms. The molecule has 4 atom stereocenters. The number of para-hydroxylation sites is 2. The molecule has 3 heterocycles. The van der Waals surface area contributed by atoms with Gasteiger partial charge in [0.15, 0.2) is 17.1 Å². The molecule has 9 nitrogen and oxygen atoms in total. The number of rotatable bonds is 3. The number of nitrogens with zero attached hydrogens (tertiary/aromatic N) is 2. The third-order valence-corrected chi connectivity index (χ3v) is 10.4. The van der Waals surface area contributed by atoms with E-state index in [4.69, 9.17) is 9.15 Å². The van der Waals surface area contributed by atoms with Gasteiger partial charge in [-0.1, -0.05) is 23.8 Å². The number of hydrogen-bond acceptors (Lipinski definition) is 8. The van der Waals surface area contributed by atoms with Crippen molar-refractivity contribution in [3.05, 3.63) is 119 Å². The van der Waals surface area contributed by atoms with Crippen molar-refractivity contribution >= 4 is 40.2 Å². The summed E-state index contributed by atoms with van der Waals surface area (Å²) in [4.78, 5) is 61.3. The van der Waals surface area contributed by atoms with Crippen LogP contribution in [0.25, 0.3) is 22.6 Å². The van der Waals surface area contributed by atoms with Crippen LogP contribution in [-0.2, 0) is 25.6 Å². The van der Waals surface area contributed by atoms with E-state index in [-0.39, 0.29) is 35.6 Å². The number of Topliss-reactive ketones (excluding diaryl/α,β-unsaturated/α-hetero) is 1. The second-order valence-electron chi connectivity index (χ2n) is 13.1. The van der Waals surface area contributed by atoms with E-state index in [0.29, 0.717) is 58.0 Å². The molecule has 1 aromatic heterocycles. The quantitative estimate of drug-likeness (QED) is 0.160. The predicted molar refractivity (Wildman–Crippen MR) is 175 cm³/mol. The molecule has 0 saturated carbocycles. The smallest absolute Gasteiger partial charge is 0.238 e. The Bertz CT molecular complexity index is 2240. The molecule has 1 fully saturated rings. The second kappa shape index (κ2) is 10.3. The van der Waals surface area contributed by atoms with Gasteiger partial charge in [-0.2, -0.15) is 0 Å². The van der Waals surface area contributed by atoms with E-state index in [2.05, 4.69) is 4.98 Å². The number of carbonyl (C=O) groups excluding carboxylic acids is 4. The van der Waals surface area contributed by atoms with Crippen molar-refractivity contribution in [2.45, 2.75) is 26.2 Å². The van der Waals surface area contributed by atoms with E-state index >= 15 is 0 Å². The summed E-state index contributed by atoms with van der Waals surface area (Å²) in [5, 5.41) is 10.2. The van der Waals surface area contributed by atoms with Crippen molar-refractivity contribution in [1.82, 2.24) is 4.98 Å². The summed E-state index contributed by atoms with van der Waals surface area (Å²) in [5.74, 6) is -2.23. The molecular formula is C39H28N2O7. The summed E-state index contributed by atoms with van der Waals surface area (Å²) >= 11 is 0. The maximum atomic E-state index is 14.3. The van der Waals surface area contributed by atoms with Crippen LogP contribution in [-0.4, -0.2) is 33.5 Å². The molecule has 2 aliphatic heterocycles. The maximum absolute atomic E-state index is 14.3. The second-order valence-corrected chi connectivity index (χ2v) is 13.1. The number of amides is 2. The topological polar surface area (TPSA) is 127 Å². The summed E-state index contributed by atoms with van der Waals surface area (Å²) in [6, 6.07) is 19.4. The van der Waals surface area contributed by atoms with Gasteiger partial charge < -0.3 is 14.3 Å². The monoisotopic (exact) mass is 636 g/mol. The molecule has 3 aliphatic carbocycles. The molecule has 1 saturated heterocycles. The highest BCUT2D eigenvalue weighted by Crippen LogP contribution is 2.55. The Morgan fingerprint density at radius 2 is 1.75 bits per heavy atom. The number of benzene rings is 3. The zero-order valence-corrected chi connectivity index (χ0v) is 25.8. The summed E-state index contributed by atoms with van der Waals surface area (Å²) in [5.41, 5.74) is 6.12. The summed E-state index contributed by atoms with van der Waals surface area (Å²) in [6.07, 6.45) is 5.91. The first-order chi connectivity index (χ1) is 23.3. The standard InChI is InChI=1S/C39H28N2O7/c1-19-14-30(43)28-17-27-25(33(35(28)36(19)44)22-15-21-16-24(42)10-13-31(21)47-18-22)11-12-26-34(27)39(46)41(38(26)45)23-8-6-20(7-9-23)37-40-29-4-2-3-5-32(29)48-37/h2-11,13-14,16,18,26-27,33-34,42H,12,15,17H2,1H3/t26-,27+,33-,34-/m0/s1. The predicted octanol–water partition coefficient (Wildman–Crippen LogP) is 6.19. The van der Waals surface area contributed by atoms with E-state index < -0.39 is 23.7 Å². The number of allylic oxidation sites excluding steroid dienone is 7. The normalized spacial score (nSPS) is 24.8. The maximum Gasteiger partial charge on any atom is 0.238 e. The Kier molecular flexibility index (Phi) is 6.12. The van der Waals surface area contributed by atoms with Crippen LogP contribution in [0.3, 0.4) is 0 Å². The van der Waals surface area contributed by atoms with Gasteiger partial charge in [-0.05, 0) is 91.9 Å². The zero-order valence-electron chi connectivity index (χ0n) is 25.8. The van der Waals surface area contributed by atoms with Crippen LogP contribution >= 0.6 is 0 Å². The highest BCUT2D eigenvalue weighted by molar-refractivity contribution is 6.25. The number of fused-ring (bicyclic) bond motifs is 5. The molecule has 236 valence electrons. The fourth-order valence-electron chi connectivity index (χ4n) is 8.17. The van der Waals surface area contributed by atoms with E-state index in [0.717, 1.165) is 22.2 Å². The number of hydrogen-bond donors (Lipinski definition) is 1. The van der Waals surface area contributed by atoms with Gasteiger partial charge >= 0.3 is 0 Å². The Labute approximate surface area is 274 Å². The lowest BCUT2D eigenvalue weighted by atomic mass is 9.58. The average Bonchev–Trinajstić information content (AvgIpc) is 3.64. The molecule has 0 radical (unpaired) electrons. The van der Waals surface area contributed by atoms with Crippen molar-refractivity contribution in [3.8, 4) is 23.0 Å². The first-order valence-corrected chi connectivity index (χ1v) is 16.0. The first kappa shape index (κ1) is 28.4. The van der Waals surface area contributed by atoms with Gasteiger partial charge in [0.05, 0.1) is 23.8 Å². The van der Waals surface area contributed by atoms with Crippen molar-refractivity contribution < 1.29 is 33.4 Å². The number of oxazole rings is 1. The van der Waals surface area contributed by atoms with Gasteiger partial charge in [-0.3, -0.25) is 24.1 Å². The molecule has 48 heavy (non-hydrogen) atoms. The minimum Gasteiger partial charge on any atom is -0.508 e. The number of carbonyl (C=O) groups is 4. The summed E-state index contributed by atoms with van der Waals surface area (Å²) in [6.45, 7) is 1.64. The van der Waals surface area contributed by atoms with Gasteiger partial charge in [0.25, 0.3) is 0 Å². The van der Waals surface area contributed by atoms with Gasteiger partial charge in [0.2, 0.25) is 17.7 Å². The third-order valence-electron chi connectivity index (χ3n) is 10.4. The molecule has 0 unspecified atom stereocenters. The van der Waals surface area contributed by atoms with Crippen LogP contribution in [0, 0.1) is 23.7 Å². The number of phenols is 1. The van der Waals surface area contributed by atoms with Crippen molar-refractivity contribution in [3.63, 3.8) is 0 Å². The minimum atomic E-state index is -0.692. The number of aromatic hydroxyl groups is 1. The highest BCUT2D eigenvalue weighted by atomic mass is 16.5. The SMILES string of the molecule is CC1=CC(=O)C2=C(C1=O)[C@@H](C1=COc3ccc(O)cc3C1)C1=CC[C@@H]3C(=O)N(c4ccc(-c5nc6ccccc6o5)cc4)C(=O)[C@@H]3[C@@H]1C2. The number of phenolic OH excluding ortho intramolecular Hbond substituents is 1. The average molecular weight is 637 g/mol. The third kappa shape index (κ3) is 4.13.